The van der Waals surface area contributed by atoms with Crippen LogP contribution in [0.1, 0.15) is 58.3 Å². The van der Waals surface area contributed by atoms with E-state index in [-0.39, 0.29) is 17.3 Å². The summed E-state index contributed by atoms with van der Waals surface area (Å²) in [6.45, 7) is 3.59. The van der Waals surface area contributed by atoms with Gasteiger partial charge in [-0.2, -0.15) is 0 Å². The molecule has 1 heterocycles. The summed E-state index contributed by atoms with van der Waals surface area (Å²) in [5, 5.41) is 9.11. The molecule has 0 aromatic heterocycles. The smallest absolute Gasteiger partial charge is 0.307 e. The van der Waals surface area contributed by atoms with Gasteiger partial charge in [-0.25, -0.2) is 0 Å². The maximum absolute atomic E-state index is 12.5. The predicted molar refractivity (Wildman–Crippen MR) is 79.7 cm³/mol. The Bertz CT molecular complexity index is 420. The molecule has 1 N–H and O–H groups in total. The van der Waals surface area contributed by atoms with E-state index >= 15 is 0 Å². The molecule has 4 nitrogen and oxygen atoms in total. The van der Waals surface area contributed by atoms with Crippen LogP contribution in [0.3, 0.4) is 0 Å². The highest BCUT2D eigenvalue weighted by molar-refractivity contribution is 5.79. The SMILES string of the molecule is CC(CC1CCCC1)C(=O)N1CCC2(CC1)CC2C(=O)O. The van der Waals surface area contributed by atoms with E-state index in [1.54, 1.807) is 0 Å². The number of carboxylic acids is 1. The Morgan fingerprint density at radius 3 is 2.38 bits per heavy atom. The molecule has 1 saturated heterocycles. The van der Waals surface area contributed by atoms with Gasteiger partial charge < -0.3 is 10.0 Å². The highest BCUT2D eigenvalue weighted by Gasteiger charge is 2.59. The van der Waals surface area contributed by atoms with Crippen LogP contribution >= 0.6 is 0 Å². The second-order valence-electron chi connectivity index (χ2n) is 7.57. The number of carbonyl (C=O) groups is 2. The van der Waals surface area contributed by atoms with Gasteiger partial charge in [-0.05, 0) is 37.0 Å². The number of piperidine rings is 1. The molecule has 1 amide bonds. The molecule has 4 heteroatoms. The summed E-state index contributed by atoms with van der Waals surface area (Å²) < 4.78 is 0. The monoisotopic (exact) mass is 293 g/mol. The zero-order valence-electron chi connectivity index (χ0n) is 13.0. The van der Waals surface area contributed by atoms with E-state index in [2.05, 4.69) is 6.92 Å². The summed E-state index contributed by atoms with van der Waals surface area (Å²) in [4.78, 5) is 25.6. The lowest BCUT2D eigenvalue weighted by molar-refractivity contribution is -0.140. The fourth-order valence-corrected chi connectivity index (χ4v) is 4.58. The number of hydrogen-bond acceptors (Lipinski definition) is 2. The predicted octanol–water partition coefficient (Wildman–Crippen LogP) is 2.92. The summed E-state index contributed by atoms with van der Waals surface area (Å²) in [6.07, 6.45) is 8.86. The van der Waals surface area contributed by atoms with Gasteiger partial charge in [0.2, 0.25) is 5.91 Å². The average Bonchev–Trinajstić information content (AvgIpc) is 2.93. The van der Waals surface area contributed by atoms with Gasteiger partial charge in [-0.15, -0.1) is 0 Å². The van der Waals surface area contributed by atoms with Crippen molar-refractivity contribution in [2.75, 3.05) is 13.1 Å². The minimum absolute atomic E-state index is 0.0251. The Balaban J connectivity index is 1.47. The lowest BCUT2D eigenvalue weighted by Gasteiger charge is -2.34. The number of amides is 1. The van der Waals surface area contributed by atoms with Crippen LogP contribution in [0.5, 0.6) is 0 Å². The second kappa shape index (κ2) is 5.62. The van der Waals surface area contributed by atoms with Crippen LogP contribution in [-0.4, -0.2) is 35.0 Å². The van der Waals surface area contributed by atoms with Crippen LogP contribution in [0, 0.1) is 23.2 Å². The van der Waals surface area contributed by atoms with Crippen molar-refractivity contribution in [3.63, 3.8) is 0 Å². The zero-order chi connectivity index (χ0) is 15.0. The largest absolute Gasteiger partial charge is 0.481 e. The molecule has 3 rings (SSSR count). The van der Waals surface area contributed by atoms with Gasteiger partial charge in [-0.1, -0.05) is 32.6 Å². The van der Waals surface area contributed by atoms with E-state index in [9.17, 15) is 9.59 Å². The third kappa shape index (κ3) is 2.95. The average molecular weight is 293 g/mol. The van der Waals surface area contributed by atoms with E-state index in [1.165, 1.54) is 25.7 Å². The van der Waals surface area contributed by atoms with Gasteiger partial charge in [0, 0.05) is 19.0 Å². The van der Waals surface area contributed by atoms with E-state index in [1.807, 2.05) is 4.90 Å². The molecule has 2 unspecified atom stereocenters. The van der Waals surface area contributed by atoms with Gasteiger partial charge in [-0.3, -0.25) is 9.59 Å². The number of rotatable bonds is 4. The lowest BCUT2D eigenvalue weighted by Crippen LogP contribution is -2.42. The van der Waals surface area contributed by atoms with Crippen molar-refractivity contribution in [3.05, 3.63) is 0 Å². The molecule has 0 aromatic carbocycles. The number of carbonyl (C=O) groups excluding carboxylic acids is 1. The van der Waals surface area contributed by atoms with Gasteiger partial charge in [0.05, 0.1) is 5.92 Å². The van der Waals surface area contributed by atoms with Gasteiger partial charge in [0.15, 0.2) is 0 Å². The fourth-order valence-electron chi connectivity index (χ4n) is 4.58. The molecule has 118 valence electrons. The summed E-state index contributed by atoms with van der Waals surface area (Å²) in [6, 6.07) is 0. The van der Waals surface area contributed by atoms with Gasteiger partial charge >= 0.3 is 5.97 Å². The molecule has 3 fully saturated rings. The number of likely N-dealkylation sites (tertiary alicyclic amines) is 1. The highest BCUT2D eigenvalue weighted by atomic mass is 16.4. The Kier molecular flexibility index (Phi) is 3.98. The molecule has 0 bridgehead atoms. The minimum Gasteiger partial charge on any atom is -0.481 e. The molecule has 21 heavy (non-hydrogen) atoms. The van der Waals surface area contributed by atoms with Crippen molar-refractivity contribution in [1.82, 2.24) is 4.90 Å². The van der Waals surface area contributed by atoms with Gasteiger partial charge in [0.1, 0.15) is 0 Å². The first kappa shape index (κ1) is 14.9. The third-order valence-electron chi connectivity index (χ3n) is 6.14. The number of hydrogen-bond donors (Lipinski definition) is 1. The maximum Gasteiger partial charge on any atom is 0.307 e. The normalized spacial score (nSPS) is 29.6. The number of aliphatic carboxylic acids is 1. The highest BCUT2D eigenvalue weighted by Crippen LogP contribution is 2.59. The van der Waals surface area contributed by atoms with Crippen molar-refractivity contribution in [1.29, 1.82) is 0 Å². The van der Waals surface area contributed by atoms with Crippen LogP contribution < -0.4 is 0 Å². The molecule has 2 atom stereocenters. The van der Waals surface area contributed by atoms with E-state index in [0.29, 0.717) is 5.91 Å². The first-order valence-electron chi connectivity index (χ1n) is 8.53. The topological polar surface area (TPSA) is 57.6 Å². The Morgan fingerprint density at radius 1 is 1.24 bits per heavy atom. The van der Waals surface area contributed by atoms with Crippen molar-refractivity contribution in [2.45, 2.75) is 58.3 Å². The van der Waals surface area contributed by atoms with E-state index in [0.717, 1.165) is 44.7 Å². The molecule has 0 radical (unpaired) electrons. The third-order valence-corrected chi connectivity index (χ3v) is 6.14. The van der Waals surface area contributed by atoms with Crippen molar-refractivity contribution in [3.8, 4) is 0 Å². The quantitative estimate of drug-likeness (QED) is 0.867. The van der Waals surface area contributed by atoms with Crippen LogP contribution in [-0.2, 0) is 9.59 Å². The Morgan fingerprint density at radius 2 is 1.86 bits per heavy atom. The second-order valence-corrected chi connectivity index (χ2v) is 7.57. The fraction of sp³-hybridized carbons (Fsp3) is 0.882. The number of carboxylic acid groups (broad SMARTS) is 1. The first-order chi connectivity index (χ1) is 10.0. The van der Waals surface area contributed by atoms with Crippen LogP contribution in [0.25, 0.3) is 0 Å². The van der Waals surface area contributed by atoms with E-state index < -0.39 is 5.97 Å². The summed E-state index contributed by atoms with van der Waals surface area (Å²) in [5.74, 6) is 0.385. The molecule has 2 saturated carbocycles. The molecular formula is C17H27NO3. The molecule has 1 spiro atoms. The van der Waals surface area contributed by atoms with Gasteiger partial charge in [0.25, 0.3) is 0 Å². The molecule has 1 aliphatic heterocycles. The van der Waals surface area contributed by atoms with Crippen molar-refractivity contribution < 1.29 is 14.7 Å². The number of nitrogens with zero attached hydrogens (tertiary/aromatic N) is 1. The molecule has 2 aliphatic carbocycles. The van der Waals surface area contributed by atoms with Crippen LogP contribution in [0.2, 0.25) is 0 Å². The van der Waals surface area contributed by atoms with E-state index in [4.69, 9.17) is 5.11 Å². The minimum atomic E-state index is -0.649. The van der Waals surface area contributed by atoms with Crippen LogP contribution in [0.4, 0.5) is 0 Å². The van der Waals surface area contributed by atoms with Crippen LogP contribution in [0.15, 0.2) is 0 Å². The molecular weight excluding hydrogens is 266 g/mol. The zero-order valence-corrected chi connectivity index (χ0v) is 13.0. The summed E-state index contributed by atoms with van der Waals surface area (Å²) >= 11 is 0. The van der Waals surface area contributed by atoms with Crippen molar-refractivity contribution in [2.24, 2.45) is 23.2 Å². The first-order valence-corrected chi connectivity index (χ1v) is 8.53. The summed E-state index contributed by atoms with van der Waals surface area (Å²) in [7, 11) is 0. The molecule has 0 aromatic rings. The standard InChI is InChI=1S/C17H27NO3/c1-12(10-13-4-2-3-5-13)15(19)18-8-6-17(7-9-18)11-14(17)16(20)21/h12-14H,2-11H2,1H3,(H,20,21). The maximum atomic E-state index is 12.5. The Labute approximate surface area is 126 Å². The summed E-state index contributed by atoms with van der Waals surface area (Å²) in [5.41, 5.74) is 0.0251. The Hall–Kier alpha value is -1.06. The molecule has 3 aliphatic rings. The van der Waals surface area contributed by atoms with Crippen molar-refractivity contribution >= 4 is 11.9 Å². The lowest BCUT2D eigenvalue weighted by atomic mass is 9.89.